The van der Waals surface area contributed by atoms with Crippen molar-refractivity contribution in [2.24, 2.45) is 5.92 Å². The number of carbonyl (C=O) groups is 2. The molecular weight excluding hydrogens is 411 g/mol. The molecule has 1 aliphatic heterocycles. The number of ether oxygens (including phenoxy) is 1. The first kappa shape index (κ1) is 22.7. The van der Waals surface area contributed by atoms with E-state index in [9.17, 15) is 22.8 Å². The summed E-state index contributed by atoms with van der Waals surface area (Å²) in [6, 6.07) is 9.86. The molecule has 31 heavy (non-hydrogen) atoms. The molecule has 1 aliphatic rings. The monoisotopic (exact) mass is 435 g/mol. The van der Waals surface area contributed by atoms with E-state index in [4.69, 9.17) is 0 Å². The van der Waals surface area contributed by atoms with Crippen molar-refractivity contribution in [2.75, 3.05) is 25.0 Å². The van der Waals surface area contributed by atoms with Crippen LogP contribution in [0, 0.1) is 12.8 Å². The number of pyridine rings is 1. The van der Waals surface area contributed by atoms with Crippen molar-refractivity contribution >= 4 is 17.6 Å². The number of halogens is 3. The molecule has 1 saturated heterocycles. The lowest BCUT2D eigenvalue weighted by molar-refractivity contribution is -0.176. The summed E-state index contributed by atoms with van der Waals surface area (Å²) in [4.78, 5) is 31.2. The Labute approximate surface area is 178 Å². The van der Waals surface area contributed by atoms with Gasteiger partial charge in [-0.25, -0.2) is 4.98 Å². The predicted molar refractivity (Wildman–Crippen MR) is 108 cm³/mol. The van der Waals surface area contributed by atoms with Crippen LogP contribution >= 0.6 is 0 Å². The smallest absolute Gasteiger partial charge is 0.367 e. The molecule has 9 heteroatoms. The Bertz CT molecular complexity index is 899. The van der Waals surface area contributed by atoms with Crippen LogP contribution in [0.25, 0.3) is 0 Å². The summed E-state index contributed by atoms with van der Waals surface area (Å²) >= 11 is 0. The fraction of sp³-hybridized carbons (Fsp3) is 0.409. The molecular formula is C22H24F3N3O3. The molecule has 0 aliphatic carbocycles. The largest absolute Gasteiger partial charge is 0.411 e. The van der Waals surface area contributed by atoms with Crippen molar-refractivity contribution in [3.63, 3.8) is 0 Å². The van der Waals surface area contributed by atoms with Crippen LogP contribution in [0.15, 0.2) is 42.6 Å². The van der Waals surface area contributed by atoms with Gasteiger partial charge in [-0.1, -0.05) is 18.2 Å². The molecule has 2 amide bonds. The van der Waals surface area contributed by atoms with E-state index < -0.39 is 12.8 Å². The second-order valence-electron chi connectivity index (χ2n) is 7.61. The van der Waals surface area contributed by atoms with E-state index in [0.717, 1.165) is 5.56 Å². The molecule has 2 heterocycles. The SMILES string of the molecule is Cc1ccc(NC(=O)C2CCCN(C(=O)c3ccc(COCC(F)(F)F)cc3)C2)nc1. The summed E-state index contributed by atoms with van der Waals surface area (Å²) in [5.41, 5.74) is 1.95. The first-order chi connectivity index (χ1) is 14.7. The number of aryl methyl sites for hydroxylation is 1. The molecule has 1 unspecified atom stereocenters. The molecule has 1 fully saturated rings. The van der Waals surface area contributed by atoms with Gasteiger partial charge in [-0.2, -0.15) is 13.2 Å². The number of carbonyl (C=O) groups excluding carboxylic acids is 2. The number of anilines is 1. The molecule has 0 spiro atoms. The van der Waals surface area contributed by atoms with Gasteiger partial charge in [0.15, 0.2) is 0 Å². The number of likely N-dealkylation sites (tertiary alicyclic amines) is 1. The van der Waals surface area contributed by atoms with Gasteiger partial charge in [-0.05, 0) is 49.1 Å². The molecule has 2 aromatic rings. The van der Waals surface area contributed by atoms with Crippen molar-refractivity contribution in [1.29, 1.82) is 0 Å². The number of hydrogen-bond acceptors (Lipinski definition) is 4. The highest BCUT2D eigenvalue weighted by Gasteiger charge is 2.29. The first-order valence-corrected chi connectivity index (χ1v) is 9.97. The molecule has 166 valence electrons. The second kappa shape index (κ2) is 9.91. The minimum atomic E-state index is -4.37. The topological polar surface area (TPSA) is 71.5 Å². The molecule has 0 radical (unpaired) electrons. The van der Waals surface area contributed by atoms with Gasteiger partial charge in [-0.15, -0.1) is 0 Å². The lowest BCUT2D eigenvalue weighted by Gasteiger charge is -2.32. The molecule has 1 N–H and O–H groups in total. The van der Waals surface area contributed by atoms with Gasteiger partial charge in [0.2, 0.25) is 5.91 Å². The van der Waals surface area contributed by atoms with Crippen LogP contribution in [-0.4, -0.2) is 47.6 Å². The molecule has 6 nitrogen and oxygen atoms in total. The number of aromatic nitrogens is 1. The van der Waals surface area contributed by atoms with E-state index in [1.807, 2.05) is 13.0 Å². The van der Waals surface area contributed by atoms with E-state index in [0.29, 0.717) is 42.9 Å². The maximum atomic E-state index is 12.8. The number of piperidine rings is 1. The Morgan fingerprint density at radius 2 is 1.94 bits per heavy atom. The molecule has 1 aromatic carbocycles. The number of rotatable bonds is 6. The van der Waals surface area contributed by atoms with Crippen molar-refractivity contribution in [2.45, 2.75) is 32.5 Å². The molecule has 3 rings (SSSR count). The Morgan fingerprint density at radius 1 is 1.19 bits per heavy atom. The maximum Gasteiger partial charge on any atom is 0.411 e. The molecule has 1 atom stereocenters. The van der Waals surface area contributed by atoms with E-state index in [-0.39, 0.29) is 24.3 Å². The van der Waals surface area contributed by atoms with Crippen LogP contribution in [0.1, 0.15) is 34.3 Å². The van der Waals surface area contributed by atoms with Crippen molar-refractivity contribution in [3.8, 4) is 0 Å². The Hall–Kier alpha value is -2.94. The predicted octanol–water partition coefficient (Wildman–Crippen LogP) is 3.96. The summed E-state index contributed by atoms with van der Waals surface area (Å²) < 4.78 is 41.1. The normalized spacial score (nSPS) is 16.8. The zero-order valence-electron chi connectivity index (χ0n) is 17.1. The lowest BCUT2D eigenvalue weighted by atomic mass is 9.96. The highest BCUT2D eigenvalue weighted by atomic mass is 19.4. The number of alkyl halides is 3. The number of benzene rings is 1. The highest BCUT2D eigenvalue weighted by Crippen LogP contribution is 2.21. The maximum absolute atomic E-state index is 12.8. The third-order valence-corrected chi connectivity index (χ3v) is 4.98. The van der Waals surface area contributed by atoms with E-state index in [1.165, 1.54) is 0 Å². The van der Waals surface area contributed by atoms with Gasteiger partial charge in [0, 0.05) is 24.8 Å². The summed E-state index contributed by atoms with van der Waals surface area (Å²) in [5.74, 6) is -0.252. The van der Waals surface area contributed by atoms with Crippen molar-refractivity contribution in [3.05, 3.63) is 59.3 Å². The minimum Gasteiger partial charge on any atom is -0.367 e. The minimum absolute atomic E-state index is 0.175. The van der Waals surface area contributed by atoms with Gasteiger partial charge in [0.25, 0.3) is 5.91 Å². The van der Waals surface area contributed by atoms with Gasteiger partial charge >= 0.3 is 6.18 Å². The molecule has 0 saturated carbocycles. The van der Waals surface area contributed by atoms with E-state index in [1.54, 1.807) is 41.4 Å². The van der Waals surface area contributed by atoms with Crippen LogP contribution in [0.2, 0.25) is 0 Å². The second-order valence-corrected chi connectivity index (χ2v) is 7.61. The molecule has 1 aromatic heterocycles. The summed E-state index contributed by atoms with van der Waals surface area (Å²) in [7, 11) is 0. The molecule has 0 bridgehead atoms. The average molecular weight is 435 g/mol. The van der Waals surface area contributed by atoms with Crippen molar-refractivity contribution < 1.29 is 27.5 Å². The standard InChI is InChI=1S/C22H24F3N3O3/c1-15-4-9-19(26-11-15)27-20(29)18-3-2-10-28(12-18)21(30)17-7-5-16(6-8-17)13-31-14-22(23,24)25/h4-9,11,18H,2-3,10,12-14H2,1H3,(H,26,27,29). The Balaban J connectivity index is 1.55. The fourth-order valence-electron chi connectivity index (χ4n) is 3.36. The fourth-order valence-corrected chi connectivity index (χ4v) is 3.36. The number of nitrogens with one attached hydrogen (secondary N) is 1. The number of hydrogen-bond donors (Lipinski definition) is 1. The summed E-state index contributed by atoms with van der Waals surface area (Å²) in [5, 5.41) is 2.79. The van der Waals surface area contributed by atoms with Gasteiger partial charge in [-0.3, -0.25) is 9.59 Å². The summed E-state index contributed by atoms with van der Waals surface area (Å²) in [6.45, 7) is 1.25. The Kier molecular flexibility index (Phi) is 7.27. The van der Waals surface area contributed by atoms with Crippen LogP contribution < -0.4 is 5.32 Å². The number of amides is 2. The van der Waals surface area contributed by atoms with Gasteiger partial charge in [0.1, 0.15) is 12.4 Å². The highest BCUT2D eigenvalue weighted by molar-refractivity contribution is 5.96. The summed E-state index contributed by atoms with van der Waals surface area (Å²) in [6.07, 6.45) is -1.32. The van der Waals surface area contributed by atoms with Crippen LogP contribution in [0.4, 0.5) is 19.0 Å². The average Bonchev–Trinajstić information content (AvgIpc) is 2.74. The zero-order valence-corrected chi connectivity index (χ0v) is 17.1. The van der Waals surface area contributed by atoms with Crippen molar-refractivity contribution in [1.82, 2.24) is 9.88 Å². The van der Waals surface area contributed by atoms with Crippen LogP contribution in [-0.2, 0) is 16.1 Å². The first-order valence-electron chi connectivity index (χ1n) is 9.97. The van der Waals surface area contributed by atoms with Crippen LogP contribution in [0.5, 0.6) is 0 Å². The van der Waals surface area contributed by atoms with Crippen LogP contribution in [0.3, 0.4) is 0 Å². The van der Waals surface area contributed by atoms with Gasteiger partial charge < -0.3 is 15.0 Å². The number of nitrogens with zero attached hydrogens (tertiary/aromatic N) is 2. The quantitative estimate of drug-likeness (QED) is 0.746. The zero-order chi connectivity index (χ0) is 22.4. The Morgan fingerprint density at radius 3 is 2.58 bits per heavy atom. The van der Waals surface area contributed by atoms with Gasteiger partial charge in [0.05, 0.1) is 12.5 Å². The lowest BCUT2D eigenvalue weighted by Crippen LogP contribution is -2.43. The third-order valence-electron chi connectivity index (χ3n) is 4.98. The van der Waals surface area contributed by atoms with E-state index in [2.05, 4.69) is 15.0 Å². The third kappa shape index (κ3) is 6.78. The van der Waals surface area contributed by atoms with E-state index >= 15 is 0 Å².